The van der Waals surface area contributed by atoms with Crippen LogP contribution >= 0.6 is 11.3 Å². The van der Waals surface area contributed by atoms with Gasteiger partial charge in [0.2, 0.25) is 5.96 Å². The predicted octanol–water partition coefficient (Wildman–Crippen LogP) is 2.29. The van der Waals surface area contributed by atoms with Crippen LogP contribution in [-0.2, 0) is 9.53 Å². The van der Waals surface area contributed by atoms with Crippen LogP contribution < -0.4 is 10.6 Å². The number of amides is 2. The zero-order chi connectivity index (χ0) is 18.6. The van der Waals surface area contributed by atoms with E-state index in [2.05, 4.69) is 20.6 Å². The van der Waals surface area contributed by atoms with Crippen LogP contribution in [0.5, 0.6) is 0 Å². The number of thiazole rings is 1. The number of likely N-dealkylation sites (tertiary alicyclic amines) is 1. The molecule has 140 valence electrons. The van der Waals surface area contributed by atoms with Crippen LogP contribution in [0.1, 0.15) is 24.8 Å². The highest BCUT2D eigenvalue weighted by Gasteiger charge is 2.21. The summed E-state index contributed by atoms with van der Waals surface area (Å²) in [6, 6.07) is 5.77. The molecular weight excluding hydrogens is 366 g/mol. The van der Waals surface area contributed by atoms with Gasteiger partial charge in [-0.1, -0.05) is 6.07 Å². The maximum atomic E-state index is 12.1. The van der Waals surface area contributed by atoms with Crippen LogP contribution in [0, 0.1) is 0 Å². The first-order valence-electron chi connectivity index (χ1n) is 8.79. The smallest absolute Gasteiger partial charge is 0.411 e. The van der Waals surface area contributed by atoms with Crippen molar-refractivity contribution >= 4 is 45.6 Å². The third-order valence-corrected chi connectivity index (χ3v) is 5.20. The summed E-state index contributed by atoms with van der Waals surface area (Å²) >= 11 is 1.54. The van der Waals surface area contributed by atoms with Crippen molar-refractivity contribution in [1.82, 2.24) is 20.5 Å². The summed E-state index contributed by atoms with van der Waals surface area (Å²) in [5.74, 6) is -0.0270. The number of carbonyl (C=O) groups excluding carboxylic acids is 2. The molecule has 2 aromatic rings. The van der Waals surface area contributed by atoms with Crippen LogP contribution in [0.3, 0.4) is 0 Å². The number of fused-ring (bicyclic) bond motifs is 1. The van der Waals surface area contributed by atoms with E-state index in [1.165, 1.54) is 0 Å². The van der Waals surface area contributed by atoms with E-state index in [4.69, 9.17) is 4.74 Å². The Bertz CT molecular complexity index is 930. The van der Waals surface area contributed by atoms with Crippen LogP contribution in [0.15, 0.2) is 34.4 Å². The number of nitrogens with zero attached hydrogens (tertiary/aromatic N) is 3. The van der Waals surface area contributed by atoms with Crippen molar-refractivity contribution in [2.45, 2.75) is 19.3 Å². The van der Waals surface area contributed by atoms with Crippen LogP contribution in [-0.4, -0.2) is 47.7 Å². The van der Waals surface area contributed by atoms with Crippen molar-refractivity contribution in [2.24, 2.45) is 4.99 Å². The molecule has 27 heavy (non-hydrogen) atoms. The number of piperidine rings is 1. The van der Waals surface area contributed by atoms with Gasteiger partial charge >= 0.3 is 6.09 Å². The Morgan fingerprint density at radius 2 is 2.19 bits per heavy atom. The number of ether oxygens (including phenoxy) is 1. The van der Waals surface area contributed by atoms with Crippen molar-refractivity contribution < 1.29 is 14.3 Å². The number of nitrogens with one attached hydrogen (secondary N) is 2. The second-order valence-corrected chi connectivity index (χ2v) is 7.19. The summed E-state index contributed by atoms with van der Waals surface area (Å²) in [6.07, 6.45) is 4.53. The van der Waals surface area contributed by atoms with Crippen molar-refractivity contribution in [3.05, 3.63) is 35.0 Å². The van der Waals surface area contributed by atoms with E-state index in [0.29, 0.717) is 5.70 Å². The fraction of sp³-hybridized carbons (Fsp3) is 0.333. The fourth-order valence-electron chi connectivity index (χ4n) is 3.01. The van der Waals surface area contributed by atoms with E-state index >= 15 is 0 Å². The highest BCUT2D eigenvalue weighted by molar-refractivity contribution is 7.16. The number of benzene rings is 1. The number of guanidine groups is 1. The lowest BCUT2D eigenvalue weighted by atomic mass is 10.1. The van der Waals surface area contributed by atoms with Gasteiger partial charge in [-0.15, -0.1) is 11.3 Å². The minimum Gasteiger partial charge on any atom is -0.428 e. The minimum absolute atomic E-state index is 0.0471. The monoisotopic (exact) mass is 385 g/mol. The summed E-state index contributed by atoms with van der Waals surface area (Å²) in [4.78, 5) is 34.2. The third kappa shape index (κ3) is 4.08. The maximum absolute atomic E-state index is 12.1. The zero-order valence-electron chi connectivity index (χ0n) is 14.6. The average Bonchev–Trinajstić information content (AvgIpc) is 3.28. The summed E-state index contributed by atoms with van der Waals surface area (Å²) in [7, 11) is 0. The molecule has 1 aromatic carbocycles. The minimum atomic E-state index is -0.347. The first-order valence-corrected chi connectivity index (χ1v) is 9.67. The summed E-state index contributed by atoms with van der Waals surface area (Å²) in [5, 5.41) is 5.45. The Kier molecular flexibility index (Phi) is 5.01. The van der Waals surface area contributed by atoms with Crippen molar-refractivity contribution in [1.29, 1.82) is 0 Å². The highest BCUT2D eigenvalue weighted by Crippen LogP contribution is 2.21. The third-order valence-electron chi connectivity index (χ3n) is 4.41. The number of hydrogen-bond donors (Lipinski definition) is 2. The standard InChI is InChI=1S/C18H19N5O3S/c24-16-14(8-12-4-5-13-15(9-12)27-11-20-13)21-17(22-16)19-10-26-18(25)23-6-2-1-3-7-23/h4-5,8-9,11H,1-3,6-7,10H2,(H2,19,21,22,24)/b14-8-. The predicted molar refractivity (Wildman–Crippen MR) is 103 cm³/mol. The number of carbonyl (C=O) groups is 2. The van der Waals surface area contributed by atoms with E-state index in [9.17, 15) is 9.59 Å². The molecule has 2 amide bonds. The fourth-order valence-corrected chi connectivity index (χ4v) is 3.73. The molecule has 0 atom stereocenters. The molecule has 0 spiro atoms. The number of rotatable bonds is 3. The molecule has 8 nitrogen and oxygen atoms in total. The lowest BCUT2D eigenvalue weighted by molar-refractivity contribution is -0.115. The Labute approximate surface area is 159 Å². The number of aliphatic imine (C=N–C) groups is 1. The molecule has 1 fully saturated rings. The second-order valence-electron chi connectivity index (χ2n) is 6.30. The van der Waals surface area contributed by atoms with Gasteiger partial charge in [0, 0.05) is 13.1 Å². The van der Waals surface area contributed by atoms with Gasteiger partial charge in [-0.3, -0.25) is 10.1 Å². The maximum Gasteiger partial charge on any atom is 0.411 e. The average molecular weight is 385 g/mol. The van der Waals surface area contributed by atoms with Crippen LogP contribution in [0.2, 0.25) is 0 Å². The lowest BCUT2D eigenvalue weighted by Crippen LogP contribution is -2.41. The van der Waals surface area contributed by atoms with E-state index < -0.39 is 0 Å². The van der Waals surface area contributed by atoms with Gasteiger partial charge in [-0.25, -0.2) is 14.8 Å². The van der Waals surface area contributed by atoms with E-state index in [1.807, 2.05) is 18.2 Å². The molecule has 0 radical (unpaired) electrons. The molecule has 2 aliphatic rings. The Morgan fingerprint density at radius 1 is 1.33 bits per heavy atom. The van der Waals surface area contributed by atoms with Gasteiger partial charge in [-0.05, 0) is 43.0 Å². The molecule has 0 aliphatic carbocycles. The summed E-state index contributed by atoms with van der Waals surface area (Å²) in [5.41, 5.74) is 3.89. The zero-order valence-corrected chi connectivity index (χ0v) is 15.4. The topological polar surface area (TPSA) is 95.9 Å². The van der Waals surface area contributed by atoms with Gasteiger partial charge < -0.3 is 15.0 Å². The quantitative estimate of drug-likeness (QED) is 0.624. The van der Waals surface area contributed by atoms with E-state index in [0.717, 1.165) is 48.1 Å². The van der Waals surface area contributed by atoms with Crippen molar-refractivity contribution in [2.75, 3.05) is 19.8 Å². The summed E-state index contributed by atoms with van der Waals surface area (Å²) in [6.45, 7) is 1.41. The molecule has 9 heteroatoms. The first kappa shape index (κ1) is 17.5. The molecule has 3 heterocycles. The molecule has 2 N–H and O–H groups in total. The van der Waals surface area contributed by atoms with E-state index in [1.54, 1.807) is 27.8 Å². The number of aromatic nitrogens is 1. The van der Waals surface area contributed by atoms with Gasteiger partial charge in [0.15, 0.2) is 6.73 Å². The second kappa shape index (κ2) is 7.75. The normalized spacial score (nSPS) is 18.5. The molecule has 4 rings (SSSR count). The molecule has 1 saturated heterocycles. The van der Waals surface area contributed by atoms with Gasteiger partial charge in [0.25, 0.3) is 5.91 Å². The molecule has 0 unspecified atom stereocenters. The van der Waals surface area contributed by atoms with Crippen LogP contribution in [0.25, 0.3) is 16.3 Å². The first-order chi connectivity index (χ1) is 13.2. The van der Waals surface area contributed by atoms with E-state index in [-0.39, 0.29) is 24.7 Å². The van der Waals surface area contributed by atoms with Crippen LogP contribution in [0.4, 0.5) is 4.79 Å². The van der Waals surface area contributed by atoms with Gasteiger partial charge in [0.1, 0.15) is 5.70 Å². The molecule has 1 aromatic heterocycles. The van der Waals surface area contributed by atoms with Crippen molar-refractivity contribution in [3.63, 3.8) is 0 Å². The SMILES string of the molecule is O=C1NC(NCOC(=O)N2CCCCC2)=N/C1=C\c1ccc2ncsc2c1. The largest absolute Gasteiger partial charge is 0.428 e. The van der Waals surface area contributed by atoms with Gasteiger partial charge in [0.05, 0.1) is 15.7 Å². The Balaban J connectivity index is 1.35. The summed E-state index contributed by atoms with van der Waals surface area (Å²) < 4.78 is 6.24. The Morgan fingerprint density at radius 3 is 3.04 bits per heavy atom. The molecule has 0 bridgehead atoms. The Hall–Kier alpha value is -2.94. The lowest BCUT2D eigenvalue weighted by Gasteiger charge is -2.25. The highest BCUT2D eigenvalue weighted by atomic mass is 32.1. The van der Waals surface area contributed by atoms with Gasteiger partial charge in [-0.2, -0.15) is 0 Å². The molecule has 2 aliphatic heterocycles. The molecule has 0 saturated carbocycles. The molecular formula is C18H19N5O3S. The van der Waals surface area contributed by atoms with Crippen molar-refractivity contribution in [3.8, 4) is 0 Å². The number of hydrogen-bond acceptors (Lipinski definition) is 7.